The average molecular weight is 288 g/mol. The summed E-state index contributed by atoms with van der Waals surface area (Å²) in [6.45, 7) is 13.3. The van der Waals surface area contributed by atoms with Crippen LogP contribution < -0.4 is 0 Å². The van der Waals surface area contributed by atoms with Gasteiger partial charge in [-0.2, -0.15) is 0 Å². The number of rotatable bonds is 5. The maximum atomic E-state index is 5.90. The second-order valence-electron chi connectivity index (χ2n) is 7.17. The Morgan fingerprint density at radius 1 is 1.19 bits per heavy atom. The molecular weight excluding hydrogens is 260 g/mol. The summed E-state index contributed by atoms with van der Waals surface area (Å²) in [5.74, 6) is 0.480. The van der Waals surface area contributed by atoms with Gasteiger partial charge in [-0.3, -0.25) is 4.99 Å². The molecule has 1 aromatic carbocycles. The fraction of sp³-hybridized carbons (Fsp3) is 0.611. The van der Waals surface area contributed by atoms with Crippen LogP contribution in [0.1, 0.15) is 45.7 Å². The first-order chi connectivity index (χ1) is 9.85. The molecule has 0 aromatic heterocycles. The van der Waals surface area contributed by atoms with E-state index in [9.17, 15) is 0 Å². The Hall–Kier alpha value is -1.35. The van der Waals surface area contributed by atoms with Gasteiger partial charge in [-0.25, -0.2) is 0 Å². The van der Waals surface area contributed by atoms with Gasteiger partial charge in [0.2, 0.25) is 0 Å². The van der Waals surface area contributed by atoms with Gasteiger partial charge >= 0.3 is 0 Å². The van der Waals surface area contributed by atoms with Crippen molar-refractivity contribution in [3.05, 3.63) is 35.4 Å². The number of fused-ring (bicyclic) bond motifs is 1. The van der Waals surface area contributed by atoms with Crippen molar-refractivity contribution in [1.29, 1.82) is 0 Å². The quantitative estimate of drug-likeness (QED) is 0.607. The highest BCUT2D eigenvalue weighted by atomic mass is 16.5. The van der Waals surface area contributed by atoms with E-state index in [-0.39, 0.29) is 11.6 Å². The lowest BCUT2D eigenvalue weighted by atomic mass is 10.1. The zero-order chi connectivity index (χ0) is 15.5. The normalized spacial score (nSPS) is 16.8. The Morgan fingerprint density at radius 3 is 2.24 bits per heavy atom. The number of ether oxygens (including phenoxy) is 1. The van der Waals surface area contributed by atoms with Gasteiger partial charge in [0, 0.05) is 13.1 Å². The highest BCUT2D eigenvalue weighted by molar-refractivity contribution is 5.57. The molecule has 21 heavy (non-hydrogen) atoms. The van der Waals surface area contributed by atoms with Crippen LogP contribution in [0.3, 0.4) is 0 Å². The molecule has 3 nitrogen and oxygen atoms in total. The first-order valence-electron chi connectivity index (χ1n) is 7.83. The van der Waals surface area contributed by atoms with Crippen LogP contribution in [0.5, 0.6) is 0 Å². The lowest BCUT2D eigenvalue weighted by Crippen LogP contribution is -2.29. The molecule has 0 bridgehead atoms. The van der Waals surface area contributed by atoms with Crippen molar-refractivity contribution in [2.24, 2.45) is 10.9 Å². The van der Waals surface area contributed by atoms with Crippen molar-refractivity contribution in [3.63, 3.8) is 0 Å². The van der Waals surface area contributed by atoms with E-state index in [0.29, 0.717) is 12.5 Å². The summed E-state index contributed by atoms with van der Waals surface area (Å²) >= 11 is 0. The van der Waals surface area contributed by atoms with Gasteiger partial charge in [-0.05, 0) is 37.8 Å². The molecule has 3 heteroatoms. The molecule has 0 saturated heterocycles. The van der Waals surface area contributed by atoms with Crippen molar-refractivity contribution in [3.8, 4) is 0 Å². The van der Waals surface area contributed by atoms with Gasteiger partial charge in [0.25, 0.3) is 0 Å². The molecule has 2 rings (SSSR count). The zero-order valence-electron chi connectivity index (χ0n) is 14.0. The summed E-state index contributed by atoms with van der Waals surface area (Å²) in [7, 11) is 0. The van der Waals surface area contributed by atoms with Crippen LogP contribution in [-0.4, -0.2) is 29.5 Å². The van der Waals surface area contributed by atoms with Gasteiger partial charge in [-0.1, -0.05) is 38.1 Å². The predicted octanol–water partition coefficient (Wildman–Crippen LogP) is 3.87. The van der Waals surface area contributed by atoms with Crippen LogP contribution in [-0.2, 0) is 17.8 Å². The first kappa shape index (κ1) is 16.0. The minimum atomic E-state index is -0.105. The van der Waals surface area contributed by atoms with Crippen molar-refractivity contribution in [1.82, 2.24) is 4.90 Å². The molecule has 0 radical (unpaired) electrons. The van der Waals surface area contributed by atoms with Crippen LogP contribution in [0.4, 0.5) is 0 Å². The van der Waals surface area contributed by atoms with Crippen molar-refractivity contribution < 1.29 is 4.74 Å². The van der Waals surface area contributed by atoms with Gasteiger partial charge in [0.15, 0.2) is 0 Å². The summed E-state index contributed by atoms with van der Waals surface area (Å²) in [5, 5.41) is 0. The van der Waals surface area contributed by atoms with Crippen molar-refractivity contribution in [2.75, 3.05) is 6.61 Å². The fourth-order valence-corrected chi connectivity index (χ4v) is 2.36. The topological polar surface area (TPSA) is 24.8 Å². The molecule has 0 N–H and O–H groups in total. The molecule has 0 aliphatic carbocycles. The Bertz CT molecular complexity index is 463. The van der Waals surface area contributed by atoms with E-state index in [1.54, 1.807) is 0 Å². The minimum absolute atomic E-state index is 0.105. The van der Waals surface area contributed by atoms with Gasteiger partial charge in [-0.15, -0.1) is 0 Å². The summed E-state index contributed by atoms with van der Waals surface area (Å²) in [4.78, 5) is 7.04. The molecule has 0 fully saturated rings. The third-order valence-corrected chi connectivity index (χ3v) is 3.74. The molecule has 1 heterocycles. The Morgan fingerprint density at radius 2 is 1.76 bits per heavy atom. The van der Waals surface area contributed by atoms with Crippen LogP contribution in [0, 0.1) is 5.92 Å². The maximum absolute atomic E-state index is 5.90. The van der Waals surface area contributed by atoms with Crippen LogP contribution in [0.15, 0.2) is 29.3 Å². The Balaban J connectivity index is 1.92. The number of hydrogen-bond acceptors (Lipinski definition) is 2. The van der Waals surface area contributed by atoms with Crippen molar-refractivity contribution >= 4 is 6.34 Å². The van der Waals surface area contributed by atoms with Crippen LogP contribution in [0.25, 0.3) is 0 Å². The van der Waals surface area contributed by atoms with E-state index in [0.717, 1.165) is 13.1 Å². The van der Waals surface area contributed by atoms with Gasteiger partial charge in [0.05, 0.1) is 24.6 Å². The third-order valence-electron chi connectivity index (χ3n) is 3.74. The summed E-state index contributed by atoms with van der Waals surface area (Å²) in [6.07, 6.45) is 2.01. The molecule has 116 valence electrons. The van der Waals surface area contributed by atoms with E-state index in [2.05, 4.69) is 63.8 Å². The first-order valence-corrected chi connectivity index (χ1v) is 7.83. The number of nitrogens with zero attached hydrogens (tertiary/aromatic N) is 2. The monoisotopic (exact) mass is 288 g/mol. The average Bonchev–Trinajstić information content (AvgIpc) is 2.79. The van der Waals surface area contributed by atoms with E-state index in [1.165, 1.54) is 11.1 Å². The maximum Gasteiger partial charge on any atom is 0.0860 e. The zero-order valence-corrected chi connectivity index (χ0v) is 14.0. The summed E-state index contributed by atoms with van der Waals surface area (Å²) in [6, 6.07) is 8.83. The highest BCUT2D eigenvalue weighted by Crippen LogP contribution is 2.21. The smallest absolute Gasteiger partial charge is 0.0860 e. The molecule has 1 unspecified atom stereocenters. The summed E-state index contributed by atoms with van der Waals surface area (Å²) < 4.78 is 5.90. The lowest BCUT2D eigenvalue weighted by Gasteiger charge is -2.25. The molecule has 1 aromatic rings. The van der Waals surface area contributed by atoms with E-state index in [1.807, 2.05) is 6.34 Å². The highest BCUT2D eigenvalue weighted by Gasteiger charge is 2.19. The van der Waals surface area contributed by atoms with E-state index >= 15 is 0 Å². The molecular formula is C18H28N2O. The third kappa shape index (κ3) is 4.85. The fourth-order valence-electron chi connectivity index (χ4n) is 2.36. The Labute approximate surface area is 129 Å². The molecule has 0 spiro atoms. The SMILES string of the molecule is CC(C)C(COC(C)(C)C)N=CN1Cc2ccccc2C1. The second kappa shape index (κ2) is 6.61. The number of benzene rings is 1. The lowest BCUT2D eigenvalue weighted by molar-refractivity contribution is -0.0145. The Kier molecular flexibility index (Phi) is 5.04. The van der Waals surface area contributed by atoms with Gasteiger partial charge < -0.3 is 9.64 Å². The molecule has 1 aliphatic rings. The van der Waals surface area contributed by atoms with E-state index < -0.39 is 0 Å². The van der Waals surface area contributed by atoms with Crippen molar-refractivity contribution in [2.45, 2.75) is 59.4 Å². The summed E-state index contributed by atoms with van der Waals surface area (Å²) in [5.41, 5.74) is 2.72. The van der Waals surface area contributed by atoms with E-state index in [4.69, 9.17) is 9.73 Å². The molecule has 0 saturated carbocycles. The van der Waals surface area contributed by atoms with Crippen LogP contribution in [0.2, 0.25) is 0 Å². The standard InChI is InChI=1S/C18H28N2O/c1-14(2)17(12-21-18(3,4)5)19-13-20-10-15-8-6-7-9-16(15)11-20/h6-9,13-14,17H,10-12H2,1-5H3. The minimum Gasteiger partial charge on any atom is -0.374 e. The molecule has 0 amide bonds. The molecule has 1 atom stereocenters. The second-order valence-corrected chi connectivity index (χ2v) is 7.17. The molecule has 1 aliphatic heterocycles. The number of hydrogen-bond donors (Lipinski definition) is 0. The van der Waals surface area contributed by atoms with Crippen LogP contribution >= 0.6 is 0 Å². The van der Waals surface area contributed by atoms with Gasteiger partial charge in [0.1, 0.15) is 0 Å². The predicted molar refractivity (Wildman–Crippen MR) is 88.5 cm³/mol. The number of aliphatic imine (C=N–C) groups is 1. The largest absolute Gasteiger partial charge is 0.374 e.